The molecule has 4 N–H and O–H groups in total. The Morgan fingerprint density at radius 3 is 2.37 bits per heavy atom. The molecular weight excluding hydrogens is 354 g/mol. The van der Waals surface area contributed by atoms with Crippen LogP contribution in [0, 0.1) is 0 Å². The van der Waals surface area contributed by atoms with Crippen LogP contribution in [0.25, 0.3) is 0 Å². The van der Waals surface area contributed by atoms with Gasteiger partial charge < -0.3 is 30.6 Å². The number of carbonyl (C=O) groups excluding carboxylic acids is 3. The van der Waals surface area contributed by atoms with Gasteiger partial charge in [0.2, 0.25) is 6.79 Å². The van der Waals surface area contributed by atoms with Gasteiger partial charge in [-0.15, -0.1) is 0 Å². The van der Waals surface area contributed by atoms with Crippen LogP contribution in [-0.2, 0) is 9.53 Å². The second kappa shape index (κ2) is 7.65. The van der Waals surface area contributed by atoms with E-state index in [1.807, 2.05) is 0 Å². The number of hydrogen-bond donors (Lipinski definition) is 3. The molecular formula is C18H17N3O6. The summed E-state index contributed by atoms with van der Waals surface area (Å²) in [5.41, 5.74) is 6.18. The Morgan fingerprint density at radius 1 is 1.00 bits per heavy atom. The van der Waals surface area contributed by atoms with Crippen LogP contribution in [0.1, 0.15) is 17.3 Å². The highest BCUT2D eigenvalue weighted by molar-refractivity contribution is 5.97. The maximum atomic E-state index is 12.2. The molecule has 3 rings (SSSR count). The van der Waals surface area contributed by atoms with Gasteiger partial charge in [-0.1, -0.05) is 0 Å². The topological polar surface area (TPSA) is 129 Å². The summed E-state index contributed by atoms with van der Waals surface area (Å²) >= 11 is 0. The zero-order valence-electron chi connectivity index (χ0n) is 14.4. The van der Waals surface area contributed by atoms with Crippen molar-refractivity contribution in [3.8, 4) is 11.5 Å². The van der Waals surface area contributed by atoms with Gasteiger partial charge in [-0.3, -0.25) is 4.79 Å². The fourth-order valence-electron chi connectivity index (χ4n) is 2.33. The van der Waals surface area contributed by atoms with Crippen LogP contribution in [0.15, 0.2) is 42.5 Å². The van der Waals surface area contributed by atoms with E-state index in [4.69, 9.17) is 19.9 Å². The van der Waals surface area contributed by atoms with E-state index in [9.17, 15) is 14.4 Å². The van der Waals surface area contributed by atoms with Gasteiger partial charge in [0.15, 0.2) is 17.6 Å². The smallest absolute Gasteiger partial charge is 0.338 e. The van der Waals surface area contributed by atoms with Gasteiger partial charge in [0, 0.05) is 17.4 Å². The Bertz CT molecular complexity index is 881. The molecule has 140 valence electrons. The number of benzene rings is 2. The molecule has 0 spiro atoms. The van der Waals surface area contributed by atoms with E-state index in [1.165, 1.54) is 31.2 Å². The lowest BCUT2D eigenvalue weighted by Gasteiger charge is -2.14. The normalized spacial score (nSPS) is 12.8. The number of nitrogens with two attached hydrogens (primary N) is 1. The van der Waals surface area contributed by atoms with Crippen molar-refractivity contribution in [2.45, 2.75) is 13.0 Å². The number of nitrogens with one attached hydrogen (secondary N) is 2. The maximum absolute atomic E-state index is 12.2. The second-order valence-corrected chi connectivity index (χ2v) is 5.67. The number of amides is 3. The minimum atomic E-state index is -1.02. The van der Waals surface area contributed by atoms with Gasteiger partial charge in [0.25, 0.3) is 5.91 Å². The SMILES string of the molecule is C[C@H](OC(=O)c1ccc(NC(N)=O)cc1)C(=O)Nc1ccc2c(c1)OCO2. The molecule has 0 aliphatic carbocycles. The van der Waals surface area contributed by atoms with Crippen molar-refractivity contribution >= 4 is 29.3 Å². The molecule has 0 fully saturated rings. The third-order valence-corrected chi connectivity index (χ3v) is 3.68. The van der Waals surface area contributed by atoms with Gasteiger partial charge in [-0.05, 0) is 43.3 Å². The van der Waals surface area contributed by atoms with E-state index in [0.717, 1.165) is 0 Å². The lowest BCUT2D eigenvalue weighted by molar-refractivity contribution is -0.123. The molecule has 0 aromatic heterocycles. The van der Waals surface area contributed by atoms with Crippen molar-refractivity contribution in [3.05, 3.63) is 48.0 Å². The summed E-state index contributed by atoms with van der Waals surface area (Å²) in [6.45, 7) is 1.59. The minimum Gasteiger partial charge on any atom is -0.454 e. The Hall–Kier alpha value is -3.75. The molecule has 9 heteroatoms. The van der Waals surface area contributed by atoms with Crippen LogP contribution in [0.3, 0.4) is 0 Å². The first kappa shape index (κ1) is 18.1. The molecule has 0 saturated carbocycles. The summed E-state index contributed by atoms with van der Waals surface area (Å²) in [7, 11) is 0. The van der Waals surface area contributed by atoms with E-state index >= 15 is 0 Å². The van der Waals surface area contributed by atoms with Crippen molar-refractivity contribution in [1.29, 1.82) is 0 Å². The molecule has 0 bridgehead atoms. The van der Waals surface area contributed by atoms with Crippen LogP contribution in [0.5, 0.6) is 11.5 Å². The Labute approximate surface area is 154 Å². The number of fused-ring (bicyclic) bond motifs is 1. The van der Waals surface area contributed by atoms with Crippen LogP contribution in [-0.4, -0.2) is 30.8 Å². The molecule has 3 amide bonds. The van der Waals surface area contributed by atoms with Crippen molar-refractivity contribution in [1.82, 2.24) is 0 Å². The summed E-state index contributed by atoms with van der Waals surface area (Å²) in [6.07, 6.45) is -1.02. The van der Waals surface area contributed by atoms with E-state index in [1.54, 1.807) is 18.2 Å². The number of anilines is 2. The number of carbonyl (C=O) groups is 3. The number of primary amides is 1. The van der Waals surface area contributed by atoms with Crippen molar-refractivity contribution in [2.75, 3.05) is 17.4 Å². The monoisotopic (exact) mass is 371 g/mol. The van der Waals surface area contributed by atoms with Crippen molar-refractivity contribution in [3.63, 3.8) is 0 Å². The predicted molar refractivity (Wildman–Crippen MR) is 95.7 cm³/mol. The number of ether oxygens (including phenoxy) is 3. The van der Waals surface area contributed by atoms with Crippen LogP contribution in [0.4, 0.5) is 16.2 Å². The lowest BCUT2D eigenvalue weighted by atomic mass is 10.2. The van der Waals surface area contributed by atoms with Crippen LogP contribution >= 0.6 is 0 Å². The largest absolute Gasteiger partial charge is 0.454 e. The fourth-order valence-corrected chi connectivity index (χ4v) is 2.33. The minimum absolute atomic E-state index is 0.133. The lowest BCUT2D eigenvalue weighted by Crippen LogP contribution is -2.30. The predicted octanol–water partition coefficient (Wildman–Crippen LogP) is 2.09. The highest BCUT2D eigenvalue weighted by Gasteiger charge is 2.20. The summed E-state index contributed by atoms with van der Waals surface area (Å²) in [6, 6.07) is 10.2. The third-order valence-electron chi connectivity index (χ3n) is 3.68. The maximum Gasteiger partial charge on any atom is 0.338 e. The van der Waals surface area contributed by atoms with Crippen LogP contribution in [0.2, 0.25) is 0 Å². The van der Waals surface area contributed by atoms with E-state index in [-0.39, 0.29) is 12.4 Å². The summed E-state index contributed by atoms with van der Waals surface area (Å²) in [5.74, 6) is -0.0351. The highest BCUT2D eigenvalue weighted by atomic mass is 16.7. The Morgan fingerprint density at radius 2 is 1.67 bits per heavy atom. The Kier molecular flexibility index (Phi) is 5.11. The average molecular weight is 371 g/mol. The van der Waals surface area contributed by atoms with Crippen LogP contribution < -0.4 is 25.8 Å². The highest BCUT2D eigenvalue weighted by Crippen LogP contribution is 2.34. The molecule has 9 nitrogen and oxygen atoms in total. The number of rotatable bonds is 5. The number of hydrogen-bond acceptors (Lipinski definition) is 6. The quantitative estimate of drug-likeness (QED) is 0.690. The van der Waals surface area contributed by atoms with Gasteiger partial charge in [-0.2, -0.15) is 0 Å². The van der Waals surface area contributed by atoms with Gasteiger partial charge in [-0.25, -0.2) is 9.59 Å². The summed E-state index contributed by atoms with van der Waals surface area (Å²) < 4.78 is 15.6. The summed E-state index contributed by atoms with van der Waals surface area (Å²) in [4.78, 5) is 35.2. The molecule has 1 aliphatic rings. The zero-order chi connectivity index (χ0) is 19.4. The summed E-state index contributed by atoms with van der Waals surface area (Å²) in [5, 5.41) is 5.02. The molecule has 0 radical (unpaired) electrons. The third kappa shape index (κ3) is 4.46. The molecule has 0 unspecified atom stereocenters. The first-order valence-corrected chi connectivity index (χ1v) is 8.00. The molecule has 27 heavy (non-hydrogen) atoms. The second-order valence-electron chi connectivity index (χ2n) is 5.67. The number of urea groups is 1. The Balaban J connectivity index is 1.57. The standard InChI is InChI=1S/C18H17N3O6/c1-10(16(22)20-13-6-7-14-15(8-13)26-9-25-14)27-17(23)11-2-4-12(5-3-11)21-18(19)24/h2-8,10H,9H2,1H3,(H,20,22)(H3,19,21,24)/t10-/m0/s1. The first-order valence-electron chi connectivity index (χ1n) is 8.00. The molecule has 0 saturated heterocycles. The van der Waals surface area contributed by atoms with E-state index < -0.39 is 24.0 Å². The van der Waals surface area contributed by atoms with Crippen molar-refractivity contribution < 1.29 is 28.6 Å². The molecule has 2 aromatic rings. The van der Waals surface area contributed by atoms with E-state index in [2.05, 4.69) is 10.6 Å². The first-order chi connectivity index (χ1) is 12.9. The fraction of sp³-hybridized carbons (Fsp3) is 0.167. The van der Waals surface area contributed by atoms with Crippen molar-refractivity contribution in [2.24, 2.45) is 5.73 Å². The molecule has 1 heterocycles. The molecule has 1 aliphatic heterocycles. The molecule has 1 atom stereocenters. The van der Waals surface area contributed by atoms with Gasteiger partial charge in [0.1, 0.15) is 0 Å². The zero-order valence-corrected chi connectivity index (χ0v) is 14.4. The molecule has 2 aromatic carbocycles. The van der Waals surface area contributed by atoms with Gasteiger partial charge >= 0.3 is 12.0 Å². The van der Waals surface area contributed by atoms with Gasteiger partial charge in [0.05, 0.1) is 5.56 Å². The number of esters is 1. The van der Waals surface area contributed by atoms with E-state index in [0.29, 0.717) is 22.9 Å². The average Bonchev–Trinajstić information content (AvgIpc) is 3.09.